The highest BCUT2D eigenvalue weighted by Gasteiger charge is 1.92. The Hall–Kier alpha value is -0.0831. The van der Waals surface area contributed by atoms with Gasteiger partial charge in [-0.1, -0.05) is 6.08 Å². The molecule has 0 aromatic carbocycles. The Morgan fingerprint density at radius 2 is 2.43 bits per heavy atom. The summed E-state index contributed by atoms with van der Waals surface area (Å²) in [6.07, 6.45) is 2.83. The summed E-state index contributed by atoms with van der Waals surface area (Å²) in [5, 5.41) is 8.45. The van der Waals surface area contributed by atoms with Crippen LogP contribution in [0.15, 0.2) is 12.7 Å². The fraction of sp³-hybridized carbons (Fsp3) is 0.600. The minimum atomic E-state index is 0.332. The van der Waals surface area contributed by atoms with Gasteiger partial charge in [0.05, 0.1) is 0 Å². The molecule has 0 saturated heterocycles. The van der Waals surface area contributed by atoms with Gasteiger partial charge < -0.3 is 5.11 Å². The van der Waals surface area contributed by atoms with Crippen LogP contribution in [0.4, 0.5) is 0 Å². The molecule has 1 unspecified atom stereocenters. The molecule has 0 amide bonds. The predicted octanol–water partition coefficient (Wildman–Crippen LogP) is -0.291. The van der Waals surface area contributed by atoms with Crippen molar-refractivity contribution in [1.29, 1.82) is 0 Å². The Labute approximate surface area is 47.5 Å². The lowest BCUT2D eigenvalue weighted by molar-refractivity contribution is 0.290. The van der Waals surface area contributed by atoms with E-state index in [4.69, 9.17) is 5.11 Å². The first-order valence-corrected chi connectivity index (χ1v) is 3.68. The molecule has 7 heavy (non-hydrogen) atoms. The van der Waals surface area contributed by atoms with Crippen LogP contribution >= 0.6 is 0 Å². The van der Waals surface area contributed by atoms with Gasteiger partial charge in [0.1, 0.15) is 0 Å². The molecule has 1 nitrogen and oxygen atoms in total. The van der Waals surface area contributed by atoms with Crippen LogP contribution < -0.4 is 0 Å². The zero-order valence-corrected chi connectivity index (χ0v) is 6.72. The summed E-state index contributed by atoms with van der Waals surface area (Å²) in [5.74, 6) is 0. The fourth-order valence-electron chi connectivity index (χ4n) is 0.359. The second-order valence-corrected chi connectivity index (χ2v) is 3.45. The van der Waals surface area contributed by atoms with Crippen LogP contribution in [0.2, 0.25) is 5.54 Å². The molecule has 0 aromatic rings. The van der Waals surface area contributed by atoms with E-state index in [0.717, 1.165) is 16.7 Å². The maximum absolute atomic E-state index is 8.45. The number of hydrogen-bond donors (Lipinski definition) is 1. The van der Waals surface area contributed by atoms with E-state index in [-0.39, 0.29) is 0 Å². The van der Waals surface area contributed by atoms with Crippen molar-refractivity contribution in [3.8, 4) is 0 Å². The normalized spacial score (nSPS) is 13.9. The molecule has 0 aliphatic rings. The number of aliphatic hydroxyl groups excluding tert-OH is 1. The molecule has 42 valence electrons. The van der Waals surface area contributed by atoms with Crippen molar-refractivity contribution in [3.63, 3.8) is 0 Å². The highest BCUT2D eigenvalue weighted by Crippen LogP contribution is 2.01. The Morgan fingerprint density at radius 1 is 1.86 bits per heavy atom. The first kappa shape index (κ1) is 6.92. The van der Waals surface area contributed by atoms with E-state index in [2.05, 4.69) is 6.58 Å². The lowest BCUT2D eigenvalue weighted by Gasteiger charge is -1.99. The largest absolute Gasteiger partial charge is 0.396 e. The average Bonchev–Trinajstić information content (AvgIpc) is 1.68. The number of allylic oxidation sites excluding steroid dienone is 1. The molecule has 0 aromatic heterocycles. The summed E-state index contributed by atoms with van der Waals surface area (Å²) in [6.45, 7) is 3.89. The van der Waals surface area contributed by atoms with Crippen LogP contribution in [0.5, 0.6) is 0 Å². The summed E-state index contributed by atoms with van der Waals surface area (Å²) in [4.78, 5) is 0. The van der Waals surface area contributed by atoms with Gasteiger partial charge in [0.25, 0.3) is 0 Å². The molecule has 0 radical (unpaired) electrons. The maximum atomic E-state index is 8.45. The molecule has 1 atom stereocenters. The second-order valence-electron chi connectivity index (χ2n) is 1.81. The highest BCUT2D eigenvalue weighted by atomic mass is 28.1. The molecule has 0 heterocycles. The van der Waals surface area contributed by atoms with E-state index in [9.17, 15) is 0 Å². The van der Waals surface area contributed by atoms with Gasteiger partial charge in [-0.3, -0.25) is 0 Å². The monoisotopic (exact) mass is 116 g/mol. The summed E-state index contributed by atoms with van der Waals surface area (Å²) < 4.78 is 0. The van der Waals surface area contributed by atoms with E-state index in [1.807, 2.05) is 6.08 Å². The molecule has 0 fully saturated rings. The van der Waals surface area contributed by atoms with Gasteiger partial charge in [-0.25, -0.2) is 0 Å². The van der Waals surface area contributed by atoms with Gasteiger partial charge >= 0.3 is 0 Å². The Bertz CT molecular complexity index is 54.0. The van der Waals surface area contributed by atoms with Crippen LogP contribution in [-0.2, 0) is 0 Å². The molecule has 0 saturated carbocycles. The van der Waals surface area contributed by atoms with Gasteiger partial charge in [-0.15, -0.1) is 6.58 Å². The molecule has 2 heteroatoms. The minimum Gasteiger partial charge on any atom is -0.396 e. The number of rotatable bonds is 3. The number of hydrogen-bond acceptors (Lipinski definition) is 1. The summed E-state index contributed by atoms with van der Waals surface area (Å²) >= 11 is 0. The van der Waals surface area contributed by atoms with Crippen LogP contribution in [0.25, 0.3) is 0 Å². The van der Waals surface area contributed by atoms with Crippen molar-refractivity contribution < 1.29 is 5.11 Å². The molecular weight excluding hydrogens is 104 g/mol. The maximum Gasteiger partial charge on any atom is 0.0429 e. The van der Waals surface area contributed by atoms with Crippen molar-refractivity contribution in [3.05, 3.63) is 12.7 Å². The summed E-state index contributed by atoms with van der Waals surface area (Å²) in [5.41, 5.74) is 0.525. The van der Waals surface area contributed by atoms with Gasteiger partial charge in [0, 0.05) is 16.8 Å². The highest BCUT2D eigenvalue weighted by molar-refractivity contribution is 6.11. The minimum absolute atomic E-state index is 0.332. The zero-order valence-electron chi connectivity index (χ0n) is 4.72. The van der Waals surface area contributed by atoms with Crippen molar-refractivity contribution in [2.75, 3.05) is 6.61 Å². The Balaban J connectivity index is 2.98. The molecule has 0 rings (SSSR count). The van der Waals surface area contributed by atoms with Gasteiger partial charge in [0.2, 0.25) is 0 Å². The molecule has 1 N–H and O–H groups in total. The molecule has 0 bridgehead atoms. The molecule has 0 aliphatic heterocycles. The SMILES string of the molecule is C=CCC([SiH3])CO. The molecule has 0 spiro atoms. The van der Waals surface area contributed by atoms with Crippen LogP contribution in [0, 0.1) is 0 Å². The quantitative estimate of drug-likeness (QED) is 0.397. The van der Waals surface area contributed by atoms with Crippen molar-refractivity contribution in [2.45, 2.75) is 12.0 Å². The van der Waals surface area contributed by atoms with Crippen LogP contribution in [0.1, 0.15) is 6.42 Å². The van der Waals surface area contributed by atoms with Gasteiger partial charge in [0.15, 0.2) is 0 Å². The zero-order chi connectivity index (χ0) is 5.70. The fourth-order valence-corrected chi connectivity index (χ4v) is 0.692. The standard InChI is InChI=1S/C5H12OSi/c1-2-3-5(7)4-6/h2,5-6H,1,3-4H2,7H3. The third-order valence-electron chi connectivity index (χ3n) is 0.881. The van der Waals surface area contributed by atoms with Crippen LogP contribution in [0.3, 0.4) is 0 Å². The smallest absolute Gasteiger partial charge is 0.0429 e. The lowest BCUT2D eigenvalue weighted by Crippen LogP contribution is -1.94. The molecular formula is C5H12OSi. The summed E-state index contributed by atoms with van der Waals surface area (Å²) in [6, 6.07) is 0. The first-order chi connectivity index (χ1) is 3.31. The van der Waals surface area contributed by atoms with E-state index >= 15 is 0 Å². The van der Waals surface area contributed by atoms with Crippen molar-refractivity contribution in [2.24, 2.45) is 0 Å². The van der Waals surface area contributed by atoms with Crippen LogP contribution in [-0.4, -0.2) is 22.0 Å². The Morgan fingerprint density at radius 3 is 2.57 bits per heavy atom. The van der Waals surface area contributed by atoms with Gasteiger partial charge in [-0.05, 0) is 12.0 Å². The third kappa shape index (κ3) is 3.75. The lowest BCUT2D eigenvalue weighted by atomic mass is 10.3. The average molecular weight is 116 g/mol. The van der Waals surface area contributed by atoms with E-state index in [0.29, 0.717) is 12.1 Å². The van der Waals surface area contributed by atoms with E-state index < -0.39 is 0 Å². The van der Waals surface area contributed by atoms with Crippen molar-refractivity contribution in [1.82, 2.24) is 0 Å². The van der Waals surface area contributed by atoms with E-state index in [1.54, 1.807) is 0 Å². The summed E-state index contributed by atoms with van der Waals surface area (Å²) in [7, 11) is 1.08. The number of aliphatic hydroxyl groups is 1. The molecule has 0 aliphatic carbocycles. The van der Waals surface area contributed by atoms with Crippen molar-refractivity contribution >= 4 is 10.2 Å². The van der Waals surface area contributed by atoms with Gasteiger partial charge in [-0.2, -0.15) is 0 Å². The second kappa shape index (κ2) is 4.09. The Kier molecular flexibility index (Phi) is 4.04. The first-order valence-electron chi connectivity index (χ1n) is 2.53. The third-order valence-corrected chi connectivity index (χ3v) is 1.72. The predicted molar refractivity (Wildman–Crippen MR) is 35.6 cm³/mol. The topological polar surface area (TPSA) is 20.2 Å². The van der Waals surface area contributed by atoms with E-state index in [1.165, 1.54) is 0 Å².